The summed E-state index contributed by atoms with van der Waals surface area (Å²) in [6.07, 6.45) is 12.0. The summed E-state index contributed by atoms with van der Waals surface area (Å²) >= 11 is 1.67. The van der Waals surface area contributed by atoms with Crippen LogP contribution in [0.5, 0.6) is 0 Å². The lowest BCUT2D eigenvalue weighted by Gasteiger charge is -2.31. The smallest absolute Gasteiger partial charge is 0.335 e. The summed E-state index contributed by atoms with van der Waals surface area (Å²) in [5.41, 5.74) is 8.57. The minimum Gasteiger partial charge on any atom is -0.478 e. The molecule has 228 valence electrons. The molecular weight excluding hydrogens is 568 g/mol. The molecule has 0 bridgehead atoms. The lowest BCUT2D eigenvalue weighted by Crippen LogP contribution is -2.38. The molecule has 1 aliphatic carbocycles. The maximum absolute atomic E-state index is 12.1. The minimum absolute atomic E-state index is 0.353. The van der Waals surface area contributed by atoms with E-state index in [1.807, 2.05) is 19.2 Å². The highest BCUT2D eigenvalue weighted by atomic mass is 32.1. The van der Waals surface area contributed by atoms with E-state index in [0.717, 1.165) is 58.4 Å². The molecule has 0 atom stereocenters. The van der Waals surface area contributed by atoms with Gasteiger partial charge in [0.25, 0.3) is 0 Å². The lowest BCUT2D eigenvalue weighted by molar-refractivity contribution is 0.0697. The molecule has 8 rings (SSSR count). The van der Waals surface area contributed by atoms with Gasteiger partial charge in [0.1, 0.15) is 11.3 Å². The zero-order chi connectivity index (χ0) is 29.8. The first kappa shape index (κ1) is 27.8. The molecule has 3 aromatic heterocycles. The Hall–Kier alpha value is -3.69. The van der Waals surface area contributed by atoms with Gasteiger partial charge in [-0.15, -0.1) is 11.3 Å². The van der Waals surface area contributed by atoms with Gasteiger partial charge in [0, 0.05) is 48.8 Å². The van der Waals surface area contributed by atoms with Crippen LogP contribution in [-0.4, -0.2) is 68.2 Å². The van der Waals surface area contributed by atoms with E-state index in [1.54, 1.807) is 17.4 Å². The molecule has 0 unspecified atom stereocenters. The predicted molar refractivity (Wildman–Crippen MR) is 178 cm³/mol. The number of benzene rings is 2. The quantitative estimate of drug-likeness (QED) is 0.206. The number of hydrogen-bond acceptors (Lipinski definition) is 6. The van der Waals surface area contributed by atoms with Gasteiger partial charge >= 0.3 is 5.97 Å². The van der Waals surface area contributed by atoms with E-state index in [-0.39, 0.29) is 0 Å². The molecule has 8 nitrogen and oxygen atoms in total. The molecule has 0 radical (unpaired) electrons. The Bertz CT molecular complexity index is 1860. The van der Waals surface area contributed by atoms with Crippen LogP contribution < -0.4 is 4.90 Å². The van der Waals surface area contributed by atoms with E-state index < -0.39 is 5.97 Å². The standard InChI is InChI=1S/C35H40N6O2S/c1-22-36-21-29(44-22)34-37-27-13-12-26-32-30(23-8-4-2-5-9-23)25-11-10-24(35(42)43)20-28(25)41(32)19-18-40(33(26)31(27)38-34)17-16-39-14-6-3-7-15-39/h10-13,20-21,23H,2-9,14-19H2,1H3,(H,37,38)(H,42,43). The van der Waals surface area contributed by atoms with Crippen molar-refractivity contribution in [1.82, 2.24) is 24.4 Å². The molecule has 0 spiro atoms. The third kappa shape index (κ3) is 4.81. The molecule has 2 N–H and O–H groups in total. The second-order valence-electron chi connectivity index (χ2n) is 12.9. The van der Waals surface area contributed by atoms with Gasteiger partial charge in [-0.1, -0.05) is 31.7 Å². The number of rotatable bonds is 6. The number of hydrogen-bond donors (Lipinski definition) is 2. The first-order chi connectivity index (χ1) is 21.5. The third-order valence-electron chi connectivity index (χ3n) is 10.1. The molecule has 1 saturated heterocycles. The van der Waals surface area contributed by atoms with Gasteiger partial charge in [-0.2, -0.15) is 0 Å². The maximum atomic E-state index is 12.1. The van der Waals surface area contributed by atoms with Crippen LogP contribution in [0.4, 0.5) is 5.69 Å². The third-order valence-corrected chi connectivity index (χ3v) is 11.1. The van der Waals surface area contributed by atoms with Crippen LogP contribution in [0.25, 0.3) is 43.9 Å². The highest BCUT2D eigenvalue weighted by Gasteiger charge is 2.32. The Labute approximate surface area is 261 Å². The Morgan fingerprint density at radius 1 is 1.00 bits per heavy atom. The summed E-state index contributed by atoms with van der Waals surface area (Å²) < 4.78 is 2.44. The number of piperidine rings is 1. The number of fused-ring (bicyclic) bond motifs is 7. The molecule has 9 heteroatoms. The van der Waals surface area contributed by atoms with E-state index in [1.165, 1.54) is 92.4 Å². The molecule has 1 saturated carbocycles. The van der Waals surface area contributed by atoms with Crippen molar-refractivity contribution < 1.29 is 9.90 Å². The zero-order valence-corrected chi connectivity index (χ0v) is 26.3. The number of aromatic carboxylic acids is 1. The van der Waals surface area contributed by atoms with Gasteiger partial charge in [-0.3, -0.25) is 0 Å². The molecule has 2 aliphatic heterocycles. The van der Waals surface area contributed by atoms with E-state index in [4.69, 9.17) is 4.98 Å². The average Bonchev–Trinajstić information content (AvgIpc) is 3.74. The van der Waals surface area contributed by atoms with Crippen molar-refractivity contribution in [3.8, 4) is 22.0 Å². The van der Waals surface area contributed by atoms with Gasteiger partial charge < -0.3 is 24.5 Å². The molecule has 0 amide bonds. The number of carboxylic acids is 1. The first-order valence-electron chi connectivity index (χ1n) is 16.4. The molecule has 5 aromatic rings. The van der Waals surface area contributed by atoms with E-state index in [2.05, 4.69) is 42.5 Å². The Balaban J connectivity index is 1.34. The summed E-state index contributed by atoms with van der Waals surface area (Å²) in [5, 5.41) is 12.2. The highest BCUT2D eigenvalue weighted by molar-refractivity contribution is 7.15. The van der Waals surface area contributed by atoms with Crippen LogP contribution in [0.15, 0.2) is 36.5 Å². The van der Waals surface area contributed by atoms with Crippen LogP contribution in [-0.2, 0) is 6.54 Å². The predicted octanol–water partition coefficient (Wildman–Crippen LogP) is 7.67. The largest absolute Gasteiger partial charge is 0.478 e. The number of nitrogens with zero attached hydrogens (tertiary/aromatic N) is 5. The van der Waals surface area contributed by atoms with Gasteiger partial charge in [-0.25, -0.2) is 14.8 Å². The summed E-state index contributed by atoms with van der Waals surface area (Å²) in [6.45, 7) is 8.02. The van der Waals surface area contributed by atoms with Crippen molar-refractivity contribution in [3.63, 3.8) is 0 Å². The second-order valence-corrected chi connectivity index (χ2v) is 14.1. The number of aromatic nitrogens is 4. The number of H-pyrrole nitrogens is 1. The highest BCUT2D eigenvalue weighted by Crippen LogP contribution is 2.49. The van der Waals surface area contributed by atoms with Gasteiger partial charge in [-0.05, 0) is 81.4 Å². The fraction of sp³-hybridized carbons (Fsp3) is 0.457. The number of likely N-dealkylation sites (tertiary alicyclic amines) is 1. The topological polar surface area (TPSA) is 90.3 Å². The minimum atomic E-state index is -0.872. The molecule has 3 aliphatic rings. The molecule has 2 fully saturated rings. The van der Waals surface area contributed by atoms with E-state index >= 15 is 0 Å². The van der Waals surface area contributed by atoms with Gasteiger partial charge in [0.05, 0.1) is 32.3 Å². The number of carboxylic acid groups (broad SMARTS) is 1. The number of nitrogens with one attached hydrogen (secondary N) is 1. The summed E-state index contributed by atoms with van der Waals surface area (Å²) in [5.74, 6) is 0.470. The number of carbonyl (C=O) groups is 1. The zero-order valence-electron chi connectivity index (χ0n) is 25.4. The monoisotopic (exact) mass is 608 g/mol. The maximum Gasteiger partial charge on any atom is 0.335 e. The average molecular weight is 609 g/mol. The molecule has 5 heterocycles. The van der Waals surface area contributed by atoms with Crippen molar-refractivity contribution >= 4 is 44.9 Å². The normalized spacial score (nSPS) is 18.1. The van der Waals surface area contributed by atoms with Crippen molar-refractivity contribution in [1.29, 1.82) is 0 Å². The van der Waals surface area contributed by atoms with Crippen LogP contribution >= 0.6 is 11.3 Å². The van der Waals surface area contributed by atoms with Crippen LogP contribution in [0.3, 0.4) is 0 Å². The van der Waals surface area contributed by atoms with Gasteiger partial charge in [0.2, 0.25) is 0 Å². The summed E-state index contributed by atoms with van der Waals surface area (Å²) in [4.78, 5) is 31.7. The number of aromatic amines is 1. The van der Waals surface area contributed by atoms with E-state index in [9.17, 15) is 9.90 Å². The molecule has 2 aromatic carbocycles. The Morgan fingerprint density at radius 3 is 2.59 bits per heavy atom. The van der Waals surface area contributed by atoms with Crippen LogP contribution in [0.2, 0.25) is 0 Å². The van der Waals surface area contributed by atoms with E-state index in [0.29, 0.717) is 11.5 Å². The Kier molecular flexibility index (Phi) is 7.18. The number of anilines is 1. The van der Waals surface area contributed by atoms with Crippen molar-refractivity contribution in [2.75, 3.05) is 37.6 Å². The fourth-order valence-corrected chi connectivity index (χ4v) is 8.72. The first-order valence-corrected chi connectivity index (χ1v) is 17.2. The number of imidazole rings is 1. The van der Waals surface area contributed by atoms with Crippen molar-refractivity contribution in [2.24, 2.45) is 0 Å². The van der Waals surface area contributed by atoms with Crippen molar-refractivity contribution in [3.05, 3.63) is 52.7 Å². The fourth-order valence-electron chi connectivity index (χ4n) is 8.00. The van der Waals surface area contributed by atoms with Gasteiger partial charge in [0.15, 0.2) is 0 Å². The molecular formula is C35H40N6O2S. The van der Waals surface area contributed by atoms with Crippen LogP contribution in [0.1, 0.15) is 78.2 Å². The number of aryl methyl sites for hydroxylation is 1. The number of thiazole rings is 1. The lowest BCUT2D eigenvalue weighted by atomic mass is 9.81. The summed E-state index contributed by atoms with van der Waals surface area (Å²) in [7, 11) is 0. The second kappa shape index (κ2) is 11.3. The summed E-state index contributed by atoms with van der Waals surface area (Å²) in [6, 6.07) is 10.3. The van der Waals surface area contributed by atoms with Crippen molar-refractivity contribution in [2.45, 2.75) is 70.8 Å². The Morgan fingerprint density at radius 2 is 1.82 bits per heavy atom. The SMILES string of the molecule is Cc1ncc(-c2nc3c4c(ccc3[nH]2)-c2c(C3CCCCC3)c3ccc(C(=O)O)cc3n2CCN4CCN2CCCCC2)s1. The van der Waals surface area contributed by atoms with Crippen LogP contribution in [0, 0.1) is 6.92 Å². The molecule has 44 heavy (non-hydrogen) atoms.